The largest absolute Gasteiger partial charge is 0.379 e. The van der Waals surface area contributed by atoms with E-state index in [0.717, 1.165) is 55.7 Å². The number of fused-ring (bicyclic) bond motifs is 1. The summed E-state index contributed by atoms with van der Waals surface area (Å²) in [4.78, 5) is 55.4. The van der Waals surface area contributed by atoms with Crippen molar-refractivity contribution < 1.29 is 32.8 Å². The molecule has 0 radical (unpaired) electrons. The summed E-state index contributed by atoms with van der Waals surface area (Å²) in [7, 11) is 0. The molecule has 3 amide bonds. The van der Waals surface area contributed by atoms with Crippen molar-refractivity contribution in [1.29, 1.82) is 0 Å². The van der Waals surface area contributed by atoms with Crippen molar-refractivity contribution >= 4 is 29.9 Å². The lowest BCUT2D eigenvalue weighted by molar-refractivity contribution is -0.200. The van der Waals surface area contributed by atoms with E-state index in [0.29, 0.717) is 10.6 Å². The van der Waals surface area contributed by atoms with Gasteiger partial charge in [-0.3, -0.25) is 19.2 Å². The van der Waals surface area contributed by atoms with Crippen molar-refractivity contribution in [2.75, 3.05) is 5.32 Å². The van der Waals surface area contributed by atoms with Crippen LogP contribution in [0, 0.1) is 5.92 Å². The minimum atomic E-state index is -2.53. The number of nitrogens with zero attached hydrogens (tertiary/aromatic N) is 2. The van der Waals surface area contributed by atoms with Gasteiger partial charge in [0.1, 0.15) is 6.04 Å². The minimum absolute atomic E-state index is 0.00649. The zero-order valence-corrected chi connectivity index (χ0v) is 22.5. The van der Waals surface area contributed by atoms with Gasteiger partial charge in [-0.25, -0.2) is 8.78 Å². The molecule has 0 bridgehead atoms. The van der Waals surface area contributed by atoms with E-state index in [1.54, 1.807) is 6.07 Å². The Balaban J connectivity index is 1.17. The summed E-state index contributed by atoms with van der Waals surface area (Å²) in [6, 6.07) is 4.81. The molecule has 3 saturated carbocycles. The first kappa shape index (κ1) is 27.1. The number of rotatable bonds is 10. The van der Waals surface area contributed by atoms with Crippen LogP contribution in [0.3, 0.4) is 0 Å². The third-order valence-electron chi connectivity index (χ3n) is 9.50. The smallest absolute Gasteiger partial charge is 0.321 e. The van der Waals surface area contributed by atoms with E-state index < -0.39 is 23.8 Å². The van der Waals surface area contributed by atoms with Crippen LogP contribution >= 0.6 is 0 Å². The molecule has 1 saturated heterocycles. The van der Waals surface area contributed by atoms with Gasteiger partial charge in [0.25, 0.3) is 23.6 Å². The van der Waals surface area contributed by atoms with Crippen LogP contribution in [-0.2, 0) is 25.8 Å². The van der Waals surface area contributed by atoms with Gasteiger partial charge in [0, 0.05) is 60.2 Å². The lowest BCUT2D eigenvalue weighted by Gasteiger charge is -2.45. The highest BCUT2D eigenvalue weighted by molar-refractivity contribution is 6.05. The third-order valence-corrected chi connectivity index (χ3v) is 9.50. The average molecular weight is 559 g/mol. The van der Waals surface area contributed by atoms with Gasteiger partial charge in [0.15, 0.2) is 0 Å². The van der Waals surface area contributed by atoms with Crippen LogP contribution in [0.2, 0.25) is 0 Å². The van der Waals surface area contributed by atoms with E-state index in [-0.39, 0.29) is 62.2 Å². The summed E-state index contributed by atoms with van der Waals surface area (Å²) in [5.41, 5.74) is 2.06. The molecule has 6 rings (SSSR count). The molecule has 4 fully saturated rings. The first-order valence-corrected chi connectivity index (χ1v) is 14.5. The van der Waals surface area contributed by atoms with Crippen LogP contribution < -0.4 is 10.6 Å². The number of imide groups is 1. The standard InChI is InChI=1S/C29H36F2N4O5/c30-29(31)14-20(15-29)32-19-9-12-28(13-10-19,11-8-18-4-5-18)33-23-3-1-2-21-22(23)16-34(26(21)38)24-6-7-25(37)35(27(24)39)40-17-36/h1-3,17-20,24,32-33H,4-16H2. The maximum atomic E-state index is 13.4. The van der Waals surface area contributed by atoms with E-state index in [1.165, 1.54) is 17.7 Å². The van der Waals surface area contributed by atoms with Crippen molar-refractivity contribution in [1.82, 2.24) is 15.3 Å². The number of hydrogen-bond acceptors (Lipinski definition) is 7. The average Bonchev–Trinajstić information content (AvgIpc) is 3.68. The number of benzene rings is 1. The molecular weight excluding hydrogens is 522 g/mol. The Bertz CT molecular complexity index is 1190. The number of hydroxylamine groups is 2. The molecule has 11 heteroatoms. The predicted molar refractivity (Wildman–Crippen MR) is 140 cm³/mol. The maximum Gasteiger partial charge on any atom is 0.321 e. The van der Waals surface area contributed by atoms with Gasteiger partial charge in [-0.15, -0.1) is 5.06 Å². The van der Waals surface area contributed by atoms with Gasteiger partial charge in [0.05, 0.1) is 0 Å². The van der Waals surface area contributed by atoms with Crippen LogP contribution in [0.1, 0.15) is 93.0 Å². The Labute approximate surface area is 231 Å². The summed E-state index contributed by atoms with van der Waals surface area (Å²) in [6.07, 6.45) is 8.30. The van der Waals surface area contributed by atoms with Gasteiger partial charge in [-0.2, -0.15) is 0 Å². The molecule has 40 heavy (non-hydrogen) atoms. The Morgan fingerprint density at radius 3 is 2.45 bits per heavy atom. The van der Waals surface area contributed by atoms with Crippen LogP contribution in [-0.4, -0.2) is 63.7 Å². The quantitative estimate of drug-likeness (QED) is 0.331. The number of piperidine rings is 1. The highest BCUT2D eigenvalue weighted by atomic mass is 19.3. The molecule has 2 heterocycles. The highest BCUT2D eigenvalue weighted by Crippen LogP contribution is 2.44. The van der Waals surface area contributed by atoms with Gasteiger partial charge >= 0.3 is 6.47 Å². The number of carbonyl (C=O) groups is 4. The molecule has 1 aromatic rings. The lowest BCUT2D eigenvalue weighted by Crippen LogP contribution is -2.54. The number of nitrogens with one attached hydrogen (secondary N) is 2. The van der Waals surface area contributed by atoms with Gasteiger partial charge in [-0.05, 0) is 63.0 Å². The zero-order chi connectivity index (χ0) is 28.1. The van der Waals surface area contributed by atoms with E-state index in [9.17, 15) is 28.0 Å². The Morgan fingerprint density at radius 1 is 1.02 bits per heavy atom. The molecule has 3 aliphatic carbocycles. The van der Waals surface area contributed by atoms with Crippen molar-refractivity contribution in [3.8, 4) is 0 Å². The molecule has 0 aromatic heterocycles. The van der Waals surface area contributed by atoms with E-state index in [1.807, 2.05) is 12.1 Å². The fourth-order valence-electron chi connectivity index (χ4n) is 6.97. The van der Waals surface area contributed by atoms with Crippen molar-refractivity contribution in [3.05, 3.63) is 29.3 Å². The maximum absolute atomic E-state index is 13.4. The van der Waals surface area contributed by atoms with Gasteiger partial charge in [-0.1, -0.05) is 18.9 Å². The summed E-state index contributed by atoms with van der Waals surface area (Å²) >= 11 is 0. The molecule has 1 aromatic carbocycles. The van der Waals surface area contributed by atoms with E-state index in [2.05, 4.69) is 15.5 Å². The number of carbonyl (C=O) groups excluding carboxylic acids is 4. The van der Waals surface area contributed by atoms with E-state index in [4.69, 9.17) is 0 Å². The van der Waals surface area contributed by atoms with Crippen LogP contribution in [0.4, 0.5) is 14.5 Å². The number of halogens is 2. The Kier molecular flexibility index (Phi) is 7.04. The topological polar surface area (TPSA) is 108 Å². The number of amides is 3. The Morgan fingerprint density at radius 2 is 1.77 bits per heavy atom. The zero-order valence-electron chi connectivity index (χ0n) is 22.5. The predicted octanol–water partition coefficient (Wildman–Crippen LogP) is 3.92. The number of anilines is 1. The SMILES string of the molecule is O=CON1C(=O)CCC(N2Cc3c(NC4(CCC5CC5)CCC(NC5CC(F)(F)C5)CC4)cccc3C2=O)C1=O. The monoisotopic (exact) mass is 558 g/mol. The number of hydrogen-bond donors (Lipinski definition) is 2. The molecular formula is C29H36F2N4O5. The molecule has 5 aliphatic rings. The van der Waals surface area contributed by atoms with Crippen LogP contribution in [0.15, 0.2) is 18.2 Å². The van der Waals surface area contributed by atoms with Crippen molar-refractivity contribution in [3.63, 3.8) is 0 Å². The van der Waals surface area contributed by atoms with Crippen LogP contribution in [0.25, 0.3) is 0 Å². The summed E-state index contributed by atoms with van der Waals surface area (Å²) in [5, 5.41) is 7.74. The van der Waals surface area contributed by atoms with Gasteiger partial charge in [0.2, 0.25) is 0 Å². The third kappa shape index (κ3) is 5.32. The summed E-state index contributed by atoms with van der Waals surface area (Å²) < 4.78 is 26.7. The van der Waals surface area contributed by atoms with Gasteiger partial charge < -0.3 is 20.4 Å². The lowest BCUT2D eigenvalue weighted by atomic mass is 9.75. The fourth-order valence-corrected chi connectivity index (χ4v) is 6.97. The highest BCUT2D eigenvalue weighted by Gasteiger charge is 2.47. The minimum Gasteiger partial charge on any atom is -0.379 e. The molecule has 2 N–H and O–H groups in total. The number of alkyl halides is 2. The van der Waals surface area contributed by atoms with Crippen molar-refractivity contribution in [2.24, 2.45) is 5.92 Å². The first-order chi connectivity index (χ1) is 19.2. The summed E-state index contributed by atoms with van der Waals surface area (Å²) in [6.45, 7) is 0.253. The van der Waals surface area contributed by atoms with E-state index >= 15 is 0 Å². The fraction of sp³-hybridized carbons (Fsp3) is 0.655. The summed E-state index contributed by atoms with van der Waals surface area (Å²) in [5.74, 6) is -3.36. The van der Waals surface area contributed by atoms with Crippen LogP contribution in [0.5, 0.6) is 0 Å². The molecule has 1 unspecified atom stereocenters. The second-order valence-electron chi connectivity index (χ2n) is 12.3. The molecule has 9 nitrogen and oxygen atoms in total. The second-order valence-corrected chi connectivity index (χ2v) is 12.3. The normalized spacial score (nSPS) is 30.2. The molecule has 216 valence electrons. The molecule has 0 spiro atoms. The Hall–Kier alpha value is -3.08. The van der Waals surface area contributed by atoms with Crippen molar-refractivity contribution in [2.45, 2.75) is 113 Å². The first-order valence-electron chi connectivity index (χ1n) is 14.5. The molecule has 1 atom stereocenters. The molecule has 2 aliphatic heterocycles. The second kappa shape index (κ2) is 10.4.